The zero-order valence-corrected chi connectivity index (χ0v) is 22.0. The van der Waals surface area contributed by atoms with Crippen LogP contribution < -0.4 is 10.1 Å². The number of pyridine rings is 1. The Morgan fingerprint density at radius 2 is 1.90 bits per heavy atom. The minimum atomic E-state index is -4.56. The molecule has 0 atom stereocenters. The highest BCUT2D eigenvalue weighted by Crippen LogP contribution is 2.35. The van der Waals surface area contributed by atoms with Gasteiger partial charge in [0.15, 0.2) is 0 Å². The number of piperazine rings is 1. The number of amides is 1. The SMILES string of the molecule is COc1cccc2c(C#Cc3cncc(C(=O)Nc4ccc(CN5CCN(C)CC5)c(C(F)(F)F)c4)c3)n[nH]c12. The molecular formula is C29H27F3N6O2. The number of H-pyrrole nitrogens is 1. The second-order valence-corrected chi connectivity index (χ2v) is 9.57. The number of nitrogens with one attached hydrogen (secondary N) is 2. The zero-order valence-electron chi connectivity index (χ0n) is 22.0. The minimum absolute atomic E-state index is 0.0490. The summed E-state index contributed by atoms with van der Waals surface area (Å²) in [5.41, 5.74) is 1.30. The number of rotatable bonds is 5. The monoisotopic (exact) mass is 548 g/mol. The predicted molar refractivity (Wildman–Crippen MR) is 145 cm³/mol. The maximum absolute atomic E-state index is 13.9. The lowest BCUT2D eigenvalue weighted by Gasteiger charge is -2.33. The van der Waals surface area contributed by atoms with Crippen LogP contribution in [0.2, 0.25) is 0 Å². The number of ether oxygens (including phenoxy) is 1. The minimum Gasteiger partial charge on any atom is -0.494 e. The Morgan fingerprint density at radius 1 is 1.10 bits per heavy atom. The molecule has 2 N–H and O–H groups in total. The van der Waals surface area contributed by atoms with Crippen molar-refractivity contribution in [2.75, 3.05) is 45.7 Å². The standard InChI is InChI=1S/C29H27F3N6O2/c1-37-10-12-38(13-11-37)18-20-7-8-22(15-24(20)29(30,31)32)34-28(39)21-14-19(16-33-17-21)6-9-25-23-4-3-5-26(40-2)27(23)36-35-25/h3-5,7-8,14-17H,10-13,18H2,1-2H3,(H,34,39)(H,35,36). The van der Waals surface area contributed by atoms with E-state index < -0.39 is 17.6 Å². The van der Waals surface area contributed by atoms with Gasteiger partial charge in [0.25, 0.3) is 5.91 Å². The van der Waals surface area contributed by atoms with Crippen LogP contribution in [-0.4, -0.2) is 71.2 Å². The zero-order chi connectivity index (χ0) is 28.3. The van der Waals surface area contributed by atoms with Gasteiger partial charge >= 0.3 is 6.18 Å². The summed E-state index contributed by atoms with van der Waals surface area (Å²) < 4.78 is 47.1. The van der Waals surface area contributed by atoms with Crippen LogP contribution in [0.5, 0.6) is 5.75 Å². The van der Waals surface area contributed by atoms with E-state index >= 15 is 0 Å². The lowest BCUT2D eigenvalue weighted by molar-refractivity contribution is -0.138. The average molecular weight is 549 g/mol. The Balaban J connectivity index is 1.33. The molecule has 1 fully saturated rings. The maximum Gasteiger partial charge on any atom is 0.416 e. The van der Waals surface area contributed by atoms with Crippen LogP contribution in [0.1, 0.15) is 32.7 Å². The number of methoxy groups -OCH3 is 1. The normalized spacial score (nSPS) is 14.5. The molecule has 4 aromatic rings. The molecular weight excluding hydrogens is 521 g/mol. The molecule has 0 saturated carbocycles. The molecule has 0 spiro atoms. The summed E-state index contributed by atoms with van der Waals surface area (Å²) in [6, 6.07) is 10.9. The number of para-hydroxylation sites is 1. The Labute approximate surface area is 229 Å². The molecule has 2 aromatic carbocycles. The van der Waals surface area contributed by atoms with Gasteiger partial charge in [-0.3, -0.25) is 19.8 Å². The summed E-state index contributed by atoms with van der Waals surface area (Å²) in [5, 5.41) is 10.5. The number of hydrogen-bond acceptors (Lipinski definition) is 6. The van der Waals surface area contributed by atoms with Gasteiger partial charge in [-0.1, -0.05) is 18.1 Å². The molecule has 206 valence electrons. The number of halogens is 3. The first-order chi connectivity index (χ1) is 19.2. The molecule has 1 amide bonds. The van der Waals surface area contributed by atoms with E-state index in [0.29, 0.717) is 35.6 Å². The Morgan fingerprint density at radius 3 is 2.65 bits per heavy atom. The fraction of sp³-hybridized carbons (Fsp3) is 0.276. The number of alkyl halides is 3. The predicted octanol–water partition coefficient (Wildman–Crippen LogP) is 4.38. The first-order valence-electron chi connectivity index (χ1n) is 12.6. The van der Waals surface area contributed by atoms with Crippen molar-refractivity contribution >= 4 is 22.5 Å². The number of hydrogen-bond donors (Lipinski definition) is 2. The van der Waals surface area contributed by atoms with Gasteiger partial charge in [-0.05, 0) is 48.9 Å². The van der Waals surface area contributed by atoms with Gasteiger partial charge < -0.3 is 15.0 Å². The summed E-state index contributed by atoms with van der Waals surface area (Å²) in [7, 11) is 3.56. The number of carbonyl (C=O) groups excluding carboxylic acids is 1. The average Bonchev–Trinajstić information content (AvgIpc) is 3.37. The number of aromatic nitrogens is 3. The van der Waals surface area contributed by atoms with Gasteiger partial charge in [-0.15, -0.1) is 0 Å². The molecule has 0 unspecified atom stereocenters. The lowest BCUT2D eigenvalue weighted by Crippen LogP contribution is -2.44. The van der Waals surface area contributed by atoms with E-state index in [2.05, 4.69) is 37.2 Å². The Kier molecular flexibility index (Phi) is 7.73. The molecule has 8 nitrogen and oxygen atoms in total. The highest BCUT2D eigenvalue weighted by Gasteiger charge is 2.34. The first-order valence-corrected chi connectivity index (χ1v) is 12.6. The van der Waals surface area contributed by atoms with E-state index in [1.807, 2.05) is 30.1 Å². The number of likely N-dealkylation sites (N-methyl/N-ethyl adjacent to an activating group) is 1. The van der Waals surface area contributed by atoms with Gasteiger partial charge in [-0.2, -0.15) is 18.3 Å². The van der Waals surface area contributed by atoms with Crippen LogP contribution in [0.15, 0.2) is 54.9 Å². The number of fused-ring (bicyclic) bond motifs is 1. The summed E-state index contributed by atoms with van der Waals surface area (Å²) in [4.78, 5) is 21.1. The fourth-order valence-electron chi connectivity index (χ4n) is 4.55. The van der Waals surface area contributed by atoms with Gasteiger partial charge in [0.05, 0.1) is 18.2 Å². The van der Waals surface area contributed by atoms with E-state index in [0.717, 1.165) is 24.5 Å². The van der Waals surface area contributed by atoms with Crippen LogP contribution in [0.25, 0.3) is 10.9 Å². The number of aromatic amines is 1. The van der Waals surface area contributed by atoms with Gasteiger partial charge in [0, 0.05) is 61.8 Å². The van der Waals surface area contributed by atoms with E-state index in [9.17, 15) is 18.0 Å². The molecule has 1 saturated heterocycles. The maximum atomic E-state index is 13.9. The van der Waals surface area contributed by atoms with Crippen LogP contribution in [0, 0.1) is 11.8 Å². The van der Waals surface area contributed by atoms with Crippen molar-refractivity contribution in [1.82, 2.24) is 25.0 Å². The Hall–Kier alpha value is -4.40. The van der Waals surface area contributed by atoms with Crippen LogP contribution >= 0.6 is 0 Å². The summed E-state index contributed by atoms with van der Waals surface area (Å²) in [6.07, 6.45) is -1.73. The smallest absolute Gasteiger partial charge is 0.416 e. The number of carbonyl (C=O) groups is 1. The Bertz CT molecular complexity index is 1600. The van der Waals surface area contributed by atoms with Crippen LogP contribution in [0.4, 0.5) is 18.9 Å². The number of anilines is 1. The van der Waals surface area contributed by atoms with E-state index in [4.69, 9.17) is 4.74 Å². The molecule has 0 aliphatic carbocycles. The third-order valence-corrected chi connectivity index (χ3v) is 6.77. The molecule has 3 heterocycles. The third-order valence-electron chi connectivity index (χ3n) is 6.77. The molecule has 5 rings (SSSR count). The van der Waals surface area contributed by atoms with Crippen LogP contribution in [0.3, 0.4) is 0 Å². The third kappa shape index (κ3) is 6.09. The molecule has 0 radical (unpaired) electrons. The van der Waals surface area contributed by atoms with E-state index in [-0.39, 0.29) is 23.4 Å². The molecule has 0 bridgehead atoms. The molecule has 11 heteroatoms. The molecule has 2 aromatic heterocycles. The van der Waals surface area contributed by atoms with Crippen molar-refractivity contribution in [2.45, 2.75) is 12.7 Å². The van der Waals surface area contributed by atoms with Gasteiger partial charge in [0.1, 0.15) is 17.0 Å². The fourth-order valence-corrected chi connectivity index (χ4v) is 4.55. The summed E-state index contributed by atoms with van der Waals surface area (Å²) in [5.74, 6) is 5.95. The molecule has 1 aliphatic rings. The first kappa shape index (κ1) is 27.2. The lowest BCUT2D eigenvalue weighted by atomic mass is 10.0. The summed E-state index contributed by atoms with van der Waals surface area (Å²) >= 11 is 0. The van der Waals surface area contributed by atoms with Gasteiger partial charge in [0.2, 0.25) is 0 Å². The van der Waals surface area contributed by atoms with Crippen molar-refractivity contribution in [3.63, 3.8) is 0 Å². The second kappa shape index (κ2) is 11.4. The van der Waals surface area contributed by atoms with Crippen molar-refractivity contribution in [2.24, 2.45) is 0 Å². The molecule has 1 aliphatic heterocycles. The van der Waals surface area contributed by atoms with E-state index in [1.165, 1.54) is 30.6 Å². The van der Waals surface area contributed by atoms with E-state index in [1.54, 1.807) is 7.11 Å². The van der Waals surface area contributed by atoms with Crippen molar-refractivity contribution < 1.29 is 22.7 Å². The molecule has 40 heavy (non-hydrogen) atoms. The van der Waals surface area contributed by atoms with Gasteiger partial charge in [-0.25, -0.2) is 0 Å². The second-order valence-electron chi connectivity index (χ2n) is 9.57. The topological polar surface area (TPSA) is 86.4 Å². The highest BCUT2D eigenvalue weighted by molar-refractivity contribution is 6.04. The van der Waals surface area contributed by atoms with Crippen LogP contribution in [-0.2, 0) is 12.7 Å². The quantitative estimate of drug-likeness (QED) is 0.360. The number of nitrogens with zero attached hydrogens (tertiary/aromatic N) is 4. The number of benzene rings is 2. The van der Waals surface area contributed by atoms with Crippen molar-refractivity contribution in [3.05, 3.63) is 82.8 Å². The largest absolute Gasteiger partial charge is 0.494 e. The van der Waals surface area contributed by atoms with Crippen molar-refractivity contribution in [1.29, 1.82) is 0 Å². The highest BCUT2D eigenvalue weighted by atomic mass is 19.4. The summed E-state index contributed by atoms with van der Waals surface area (Å²) in [6.45, 7) is 3.20. The van der Waals surface area contributed by atoms with Crippen molar-refractivity contribution in [3.8, 4) is 17.6 Å².